The van der Waals surface area contributed by atoms with E-state index in [0.717, 1.165) is 56.1 Å². The molecule has 2 aromatic carbocycles. The van der Waals surface area contributed by atoms with Crippen molar-refractivity contribution in [1.82, 2.24) is 19.9 Å². The van der Waals surface area contributed by atoms with Crippen LogP contribution in [0.5, 0.6) is 11.5 Å². The van der Waals surface area contributed by atoms with Crippen molar-refractivity contribution in [2.45, 2.75) is 149 Å². The monoisotopic (exact) mass is 734 g/mol. The molecule has 4 aromatic rings. The SMILES string of the molecule is CCCCCCCCc1cnc(-c2ccc(OC(=O)CCCCCC[C@H](C)C(=O)Oc3ccc(-c4ncc(CCCCCCCC)cn4)cc3)cc2)nc1. The minimum absolute atomic E-state index is 0.214. The first-order chi connectivity index (χ1) is 26.4. The smallest absolute Gasteiger partial charge is 0.314 e. The number of carbonyl (C=O) groups is 2. The summed E-state index contributed by atoms with van der Waals surface area (Å²) in [5, 5.41) is 0. The fourth-order valence-corrected chi connectivity index (χ4v) is 6.42. The number of benzene rings is 2. The predicted octanol–water partition coefficient (Wildman–Crippen LogP) is 11.9. The molecule has 2 aromatic heterocycles. The third-order valence-electron chi connectivity index (χ3n) is 9.89. The van der Waals surface area contributed by atoms with Crippen molar-refractivity contribution in [3.8, 4) is 34.3 Å². The number of ether oxygens (including phenoxy) is 2. The molecule has 0 aliphatic heterocycles. The lowest BCUT2D eigenvalue weighted by Gasteiger charge is -2.11. The van der Waals surface area contributed by atoms with E-state index in [1.54, 1.807) is 24.3 Å². The second-order valence-electron chi connectivity index (χ2n) is 14.7. The first-order valence-corrected chi connectivity index (χ1v) is 20.7. The van der Waals surface area contributed by atoms with E-state index in [-0.39, 0.29) is 17.9 Å². The van der Waals surface area contributed by atoms with Crippen LogP contribution in [0.25, 0.3) is 22.8 Å². The number of hydrogen-bond acceptors (Lipinski definition) is 8. The summed E-state index contributed by atoms with van der Waals surface area (Å²) in [4.78, 5) is 43.4. The van der Waals surface area contributed by atoms with Gasteiger partial charge in [0.05, 0.1) is 5.92 Å². The molecular weight excluding hydrogens is 673 g/mol. The van der Waals surface area contributed by atoms with Crippen LogP contribution in [0.4, 0.5) is 0 Å². The maximum Gasteiger partial charge on any atom is 0.314 e. The minimum atomic E-state index is -0.243. The van der Waals surface area contributed by atoms with E-state index in [9.17, 15) is 9.59 Å². The van der Waals surface area contributed by atoms with Crippen molar-refractivity contribution in [3.63, 3.8) is 0 Å². The number of unbranched alkanes of at least 4 members (excludes halogenated alkanes) is 13. The molecule has 8 heteroatoms. The topological polar surface area (TPSA) is 104 Å². The third-order valence-corrected chi connectivity index (χ3v) is 9.89. The van der Waals surface area contributed by atoms with E-state index < -0.39 is 0 Å². The number of esters is 2. The van der Waals surface area contributed by atoms with Crippen molar-refractivity contribution in [1.29, 1.82) is 0 Å². The maximum atomic E-state index is 12.7. The molecular formula is C46H62N4O4. The molecule has 0 bridgehead atoms. The zero-order chi connectivity index (χ0) is 38.2. The Bertz CT molecular complexity index is 1620. The Hall–Kier alpha value is -4.46. The number of hydrogen-bond donors (Lipinski definition) is 0. The molecule has 0 N–H and O–H groups in total. The number of carbonyl (C=O) groups excluding carboxylic acids is 2. The summed E-state index contributed by atoms with van der Waals surface area (Å²) in [6.45, 7) is 6.38. The highest BCUT2D eigenvalue weighted by Crippen LogP contribution is 2.23. The van der Waals surface area contributed by atoms with Gasteiger partial charge in [0, 0.05) is 42.3 Å². The van der Waals surface area contributed by atoms with Gasteiger partial charge in [-0.2, -0.15) is 0 Å². The van der Waals surface area contributed by atoms with E-state index in [1.165, 1.54) is 88.2 Å². The van der Waals surface area contributed by atoms with Crippen LogP contribution in [0.2, 0.25) is 0 Å². The van der Waals surface area contributed by atoms with Gasteiger partial charge in [0.2, 0.25) is 0 Å². The highest BCUT2D eigenvalue weighted by atomic mass is 16.5. The summed E-state index contributed by atoms with van der Waals surface area (Å²) in [6.07, 6.45) is 29.5. The Kier molecular flexibility index (Phi) is 19.4. The molecule has 8 nitrogen and oxygen atoms in total. The summed E-state index contributed by atoms with van der Waals surface area (Å²) in [7, 11) is 0. The lowest BCUT2D eigenvalue weighted by molar-refractivity contribution is -0.138. The van der Waals surface area contributed by atoms with Gasteiger partial charge >= 0.3 is 11.9 Å². The van der Waals surface area contributed by atoms with Gasteiger partial charge in [0.25, 0.3) is 0 Å². The quantitative estimate of drug-likeness (QED) is 0.0357. The highest BCUT2D eigenvalue weighted by Gasteiger charge is 2.16. The molecule has 0 amide bonds. The molecule has 0 aliphatic carbocycles. The Morgan fingerprint density at radius 2 is 0.926 bits per heavy atom. The van der Waals surface area contributed by atoms with Crippen molar-refractivity contribution in [2.75, 3.05) is 0 Å². The largest absolute Gasteiger partial charge is 0.427 e. The van der Waals surface area contributed by atoms with Gasteiger partial charge in [0.1, 0.15) is 11.5 Å². The van der Waals surface area contributed by atoms with Crippen molar-refractivity contribution in [3.05, 3.63) is 84.4 Å². The number of rotatable bonds is 26. The maximum absolute atomic E-state index is 12.7. The molecule has 4 rings (SSSR count). The molecule has 0 fully saturated rings. The highest BCUT2D eigenvalue weighted by molar-refractivity contribution is 5.75. The summed E-state index contributed by atoms with van der Waals surface area (Å²) < 4.78 is 11.2. The average molecular weight is 735 g/mol. The van der Waals surface area contributed by atoms with Crippen LogP contribution in [0, 0.1) is 5.92 Å². The number of nitrogens with zero attached hydrogens (tertiary/aromatic N) is 4. The van der Waals surface area contributed by atoms with Crippen LogP contribution in [-0.2, 0) is 22.4 Å². The predicted molar refractivity (Wildman–Crippen MR) is 217 cm³/mol. The Labute approximate surface area is 324 Å². The van der Waals surface area contributed by atoms with E-state index in [1.807, 2.05) is 56.0 Å². The van der Waals surface area contributed by atoms with Crippen molar-refractivity contribution >= 4 is 11.9 Å². The van der Waals surface area contributed by atoms with Crippen molar-refractivity contribution < 1.29 is 19.1 Å². The lowest BCUT2D eigenvalue weighted by Crippen LogP contribution is -2.17. The van der Waals surface area contributed by atoms with Gasteiger partial charge in [0.15, 0.2) is 11.6 Å². The van der Waals surface area contributed by atoms with Crippen LogP contribution in [0.15, 0.2) is 73.3 Å². The zero-order valence-electron chi connectivity index (χ0n) is 33.1. The van der Waals surface area contributed by atoms with E-state index in [2.05, 4.69) is 33.8 Å². The molecule has 54 heavy (non-hydrogen) atoms. The molecule has 0 aliphatic rings. The van der Waals surface area contributed by atoms with Crippen LogP contribution < -0.4 is 9.47 Å². The van der Waals surface area contributed by atoms with Crippen LogP contribution in [0.3, 0.4) is 0 Å². The summed E-state index contributed by atoms with van der Waals surface area (Å²) in [6, 6.07) is 14.7. The van der Waals surface area contributed by atoms with Gasteiger partial charge in [-0.25, -0.2) is 19.9 Å². The Morgan fingerprint density at radius 3 is 1.41 bits per heavy atom. The summed E-state index contributed by atoms with van der Waals surface area (Å²) >= 11 is 0. The van der Waals surface area contributed by atoms with Crippen LogP contribution in [0.1, 0.15) is 147 Å². The average Bonchev–Trinajstić information content (AvgIpc) is 3.20. The summed E-state index contributed by atoms with van der Waals surface area (Å²) in [5.41, 5.74) is 4.12. The van der Waals surface area contributed by atoms with Gasteiger partial charge < -0.3 is 9.47 Å². The lowest BCUT2D eigenvalue weighted by atomic mass is 10.0. The molecule has 1 atom stereocenters. The molecule has 0 saturated carbocycles. The van der Waals surface area contributed by atoms with Crippen LogP contribution >= 0.6 is 0 Å². The molecule has 0 unspecified atom stereocenters. The Morgan fingerprint density at radius 1 is 0.519 bits per heavy atom. The fourth-order valence-electron chi connectivity index (χ4n) is 6.42. The van der Waals surface area contributed by atoms with Crippen LogP contribution in [-0.4, -0.2) is 31.9 Å². The van der Waals surface area contributed by atoms with Crippen molar-refractivity contribution in [2.24, 2.45) is 5.92 Å². The zero-order valence-corrected chi connectivity index (χ0v) is 33.1. The molecule has 0 saturated heterocycles. The Balaban J connectivity index is 1.05. The van der Waals surface area contributed by atoms with E-state index >= 15 is 0 Å². The number of aryl methyl sites for hydroxylation is 2. The van der Waals surface area contributed by atoms with E-state index in [4.69, 9.17) is 9.47 Å². The fraction of sp³-hybridized carbons (Fsp3) is 0.522. The minimum Gasteiger partial charge on any atom is -0.427 e. The van der Waals surface area contributed by atoms with Gasteiger partial charge in [-0.15, -0.1) is 0 Å². The van der Waals surface area contributed by atoms with E-state index in [0.29, 0.717) is 29.6 Å². The second kappa shape index (κ2) is 24.8. The molecule has 290 valence electrons. The molecule has 2 heterocycles. The number of aromatic nitrogens is 4. The molecule has 0 radical (unpaired) electrons. The second-order valence-corrected chi connectivity index (χ2v) is 14.7. The molecule has 0 spiro atoms. The van der Waals surface area contributed by atoms with Gasteiger partial charge in [-0.3, -0.25) is 9.59 Å². The first-order valence-electron chi connectivity index (χ1n) is 20.7. The van der Waals surface area contributed by atoms with Gasteiger partial charge in [-0.1, -0.05) is 104 Å². The third kappa shape index (κ3) is 15.9. The van der Waals surface area contributed by atoms with Gasteiger partial charge in [-0.05, 0) is 98.2 Å². The summed E-state index contributed by atoms with van der Waals surface area (Å²) in [5.74, 6) is 1.68. The first kappa shape index (κ1) is 42.3. The standard InChI is InChI=1S/C46H62N4O4/c1-4-6-8-10-12-17-21-37-32-47-44(48-33-37)39-24-28-41(29-25-39)53-43(51)23-19-15-14-16-20-36(3)46(52)54-42-30-26-40(27-31-42)45-49-34-38(35-50-45)22-18-13-11-9-7-5-2/h24-36H,4-23H2,1-3H3/t36-/m0/s1. The normalized spacial score (nSPS) is 11.7.